The van der Waals surface area contributed by atoms with Gasteiger partial charge in [0.05, 0.1) is 10.8 Å². The Morgan fingerprint density at radius 3 is 2.59 bits per heavy atom. The average Bonchev–Trinajstić information content (AvgIpc) is 2.98. The van der Waals surface area contributed by atoms with Crippen molar-refractivity contribution in [2.24, 2.45) is 0 Å². The molecule has 3 nitrogen and oxygen atoms in total. The first-order chi connectivity index (χ1) is 12.8. The first-order valence-corrected chi connectivity index (χ1v) is 10.9. The van der Waals surface area contributed by atoms with Crippen LogP contribution < -0.4 is 0 Å². The van der Waals surface area contributed by atoms with Crippen molar-refractivity contribution in [1.29, 1.82) is 0 Å². The average molecular weight is 386 g/mol. The van der Waals surface area contributed by atoms with Gasteiger partial charge in [0.15, 0.2) is 0 Å². The van der Waals surface area contributed by atoms with Gasteiger partial charge in [-0.05, 0) is 54.0 Å². The topological polar surface area (TPSA) is 40.5 Å². The Morgan fingerprint density at radius 1 is 1.26 bits per heavy atom. The molecule has 1 heterocycles. The van der Waals surface area contributed by atoms with Gasteiger partial charge in [0, 0.05) is 11.6 Å². The molecule has 0 unspecified atom stereocenters. The zero-order valence-electron chi connectivity index (χ0n) is 16.8. The normalized spacial score (nSPS) is 20.5. The number of allylic oxidation sites excluding steroid dienone is 1. The van der Waals surface area contributed by atoms with Crippen LogP contribution >= 0.6 is 11.8 Å². The van der Waals surface area contributed by atoms with Crippen LogP contribution in [0, 0.1) is 0 Å². The molecule has 27 heavy (non-hydrogen) atoms. The van der Waals surface area contributed by atoms with Gasteiger partial charge in [0.25, 0.3) is 5.91 Å². The molecule has 0 aromatic heterocycles. The second kappa shape index (κ2) is 8.14. The number of rotatable bonds is 4. The summed E-state index contributed by atoms with van der Waals surface area (Å²) in [5.74, 6) is 1.28. The molecule has 1 aliphatic heterocycles. The van der Waals surface area contributed by atoms with Crippen LogP contribution in [0.25, 0.3) is 6.08 Å². The lowest BCUT2D eigenvalue weighted by Gasteiger charge is -2.30. The zero-order chi connectivity index (χ0) is 19.6. The highest BCUT2D eigenvalue weighted by molar-refractivity contribution is 8.04. The van der Waals surface area contributed by atoms with E-state index in [4.69, 9.17) is 0 Å². The van der Waals surface area contributed by atoms with E-state index in [1.807, 2.05) is 18.2 Å². The third kappa shape index (κ3) is 4.43. The lowest BCUT2D eigenvalue weighted by molar-refractivity contribution is -0.127. The van der Waals surface area contributed by atoms with Gasteiger partial charge in [0.1, 0.15) is 5.75 Å². The summed E-state index contributed by atoms with van der Waals surface area (Å²) in [6.45, 7) is 10.1. The van der Waals surface area contributed by atoms with Crippen LogP contribution in [0.4, 0.5) is 0 Å². The molecular weight excluding hydrogens is 354 g/mol. The Kier molecular flexibility index (Phi) is 6.05. The lowest BCUT2D eigenvalue weighted by atomic mass is 9.83. The van der Waals surface area contributed by atoms with Gasteiger partial charge in [-0.3, -0.25) is 4.79 Å². The monoisotopic (exact) mass is 385 g/mol. The van der Waals surface area contributed by atoms with E-state index in [2.05, 4.69) is 32.3 Å². The van der Waals surface area contributed by atoms with E-state index in [9.17, 15) is 9.90 Å². The Bertz CT molecular complexity index is 754. The van der Waals surface area contributed by atoms with Crippen LogP contribution in [0.5, 0.6) is 5.75 Å². The number of amides is 1. The van der Waals surface area contributed by atoms with Crippen LogP contribution in [-0.4, -0.2) is 27.8 Å². The molecule has 0 bridgehead atoms. The molecule has 3 rings (SSSR count). The lowest BCUT2D eigenvalue weighted by Crippen LogP contribution is -2.37. The number of nitrogens with zero attached hydrogens (tertiary/aromatic N) is 1. The van der Waals surface area contributed by atoms with Crippen LogP contribution in [-0.2, 0) is 16.6 Å². The first kappa shape index (κ1) is 20.1. The highest BCUT2D eigenvalue weighted by atomic mass is 32.2. The van der Waals surface area contributed by atoms with Crippen LogP contribution in [0.3, 0.4) is 0 Å². The molecule has 0 atom stereocenters. The fraction of sp³-hybridized carbons (Fsp3) is 0.522. The summed E-state index contributed by atoms with van der Waals surface area (Å²) in [4.78, 5) is 15.8. The third-order valence-electron chi connectivity index (χ3n) is 5.53. The van der Waals surface area contributed by atoms with Crippen LogP contribution in [0.2, 0.25) is 0 Å². The fourth-order valence-corrected chi connectivity index (χ4v) is 5.07. The van der Waals surface area contributed by atoms with Crippen molar-refractivity contribution in [3.63, 3.8) is 0 Å². The van der Waals surface area contributed by atoms with Crippen molar-refractivity contribution < 1.29 is 9.90 Å². The van der Waals surface area contributed by atoms with Crippen molar-refractivity contribution in [2.75, 3.05) is 5.88 Å². The molecule has 1 aromatic carbocycles. The van der Waals surface area contributed by atoms with Crippen molar-refractivity contribution in [3.05, 3.63) is 46.4 Å². The summed E-state index contributed by atoms with van der Waals surface area (Å²) in [5, 5.41) is 10.7. The molecule has 146 valence electrons. The Balaban J connectivity index is 1.91. The summed E-state index contributed by atoms with van der Waals surface area (Å²) in [7, 11) is 0. The van der Waals surface area contributed by atoms with Gasteiger partial charge >= 0.3 is 0 Å². The molecule has 1 saturated carbocycles. The fourth-order valence-electron chi connectivity index (χ4n) is 4.01. The molecule has 0 radical (unpaired) electrons. The first-order valence-electron chi connectivity index (χ1n) is 9.94. The van der Waals surface area contributed by atoms with Crippen LogP contribution in [0.1, 0.15) is 69.6 Å². The van der Waals surface area contributed by atoms with E-state index >= 15 is 0 Å². The number of aromatic hydroxyl groups is 1. The van der Waals surface area contributed by atoms with Gasteiger partial charge < -0.3 is 10.0 Å². The van der Waals surface area contributed by atoms with Gasteiger partial charge in [-0.25, -0.2) is 0 Å². The summed E-state index contributed by atoms with van der Waals surface area (Å²) in [6, 6.07) is 4.41. The standard InChI is InChI=1S/C23H31NO2S/c1-5-9-17-12-16(13-19(21(17)25)23(2,3)4)14-20-22(26)24(15-27-20)18-10-7-6-8-11-18/h5,12-14,18,25H,1,6-11,15H2,2-4H3/b20-14-. The summed E-state index contributed by atoms with van der Waals surface area (Å²) < 4.78 is 0. The van der Waals surface area contributed by atoms with E-state index in [0.29, 0.717) is 18.2 Å². The number of benzene rings is 1. The van der Waals surface area contributed by atoms with Gasteiger partial charge in [-0.1, -0.05) is 57.9 Å². The minimum absolute atomic E-state index is 0.169. The summed E-state index contributed by atoms with van der Waals surface area (Å²) in [5.41, 5.74) is 2.59. The second-order valence-electron chi connectivity index (χ2n) is 8.67. The Hall–Kier alpha value is -1.68. The molecule has 1 N–H and O–H groups in total. The molecule has 1 amide bonds. The maximum atomic E-state index is 12.9. The maximum Gasteiger partial charge on any atom is 0.261 e. The van der Waals surface area contributed by atoms with Crippen molar-refractivity contribution in [2.45, 2.75) is 70.8 Å². The van der Waals surface area contributed by atoms with E-state index in [-0.39, 0.29) is 11.3 Å². The highest BCUT2D eigenvalue weighted by Gasteiger charge is 2.33. The largest absolute Gasteiger partial charge is 0.507 e. The SMILES string of the molecule is C=CCc1cc(/C=C2\SCN(C3CCCCC3)C2=O)cc(C(C)(C)C)c1O. The number of hydrogen-bond donors (Lipinski definition) is 1. The maximum absolute atomic E-state index is 12.9. The van der Waals surface area contributed by atoms with Crippen molar-refractivity contribution >= 4 is 23.7 Å². The zero-order valence-corrected chi connectivity index (χ0v) is 17.6. The number of hydrogen-bond acceptors (Lipinski definition) is 3. The smallest absolute Gasteiger partial charge is 0.261 e. The molecule has 0 spiro atoms. The number of carbonyl (C=O) groups excluding carboxylic acids is 1. The minimum Gasteiger partial charge on any atom is -0.507 e. The number of carbonyl (C=O) groups is 1. The van der Waals surface area contributed by atoms with Crippen molar-refractivity contribution in [1.82, 2.24) is 4.90 Å². The van der Waals surface area contributed by atoms with E-state index < -0.39 is 0 Å². The molecular formula is C23H31NO2S. The molecule has 1 aromatic rings. The van der Waals surface area contributed by atoms with Gasteiger partial charge in [0.2, 0.25) is 0 Å². The molecule has 2 aliphatic rings. The minimum atomic E-state index is -0.171. The Morgan fingerprint density at radius 2 is 1.96 bits per heavy atom. The van der Waals surface area contributed by atoms with Crippen molar-refractivity contribution in [3.8, 4) is 5.75 Å². The molecule has 4 heteroatoms. The Labute approximate surface area is 167 Å². The second-order valence-corrected chi connectivity index (χ2v) is 9.65. The number of thioether (sulfide) groups is 1. The predicted octanol–water partition coefficient (Wildman–Crippen LogP) is 5.62. The van der Waals surface area contributed by atoms with Gasteiger partial charge in [-0.2, -0.15) is 0 Å². The number of phenolic OH excluding ortho intramolecular Hbond substituents is 1. The quantitative estimate of drug-likeness (QED) is 0.540. The van der Waals surface area contributed by atoms with E-state index in [1.54, 1.807) is 17.8 Å². The van der Waals surface area contributed by atoms with E-state index in [1.165, 1.54) is 19.3 Å². The molecule has 1 saturated heterocycles. The highest BCUT2D eigenvalue weighted by Crippen LogP contribution is 2.38. The molecule has 2 fully saturated rings. The van der Waals surface area contributed by atoms with Gasteiger partial charge in [-0.15, -0.1) is 6.58 Å². The predicted molar refractivity (Wildman–Crippen MR) is 115 cm³/mol. The third-order valence-corrected chi connectivity index (χ3v) is 6.54. The van der Waals surface area contributed by atoms with E-state index in [0.717, 1.165) is 40.3 Å². The van der Waals surface area contributed by atoms with Crippen LogP contribution in [0.15, 0.2) is 29.7 Å². The summed E-state index contributed by atoms with van der Waals surface area (Å²) in [6.07, 6.45) is 10.4. The number of phenols is 1. The summed E-state index contributed by atoms with van der Waals surface area (Å²) >= 11 is 1.64. The molecule has 1 aliphatic carbocycles.